The van der Waals surface area contributed by atoms with Gasteiger partial charge in [0.2, 0.25) is 0 Å². The Morgan fingerprint density at radius 3 is 2.57 bits per heavy atom. The normalized spacial score (nSPS) is 13.2. The number of benzene rings is 2. The van der Waals surface area contributed by atoms with Crippen LogP contribution in [0.4, 0.5) is 5.69 Å². The Morgan fingerprint density at radius 2 is 1.86 bits per heavy atom. The summed E-state index contributed by atoms with van der Waals surface area (Å²) in [5.41, 5.74) is 8.99. The standard InChI is InChI=1S/C16H16BrNO2S/c1-10-6-12(2-3-14(10)18)21-9-11-7-15-16(8-13(11)17)20-5-4-19-15/h2-3,6-8H,4-5,9,18H2,1H3. The zero-order chi connectivity index (χ0) is 14.8. The molecule has 0 saturated heterocycles. The lowest BCUT2D eigenvalue weighted by Gasteiger charge is -2.20. The van der Waals surface area contributed by atoms with Crippen molar-refractivity contribution in [1.82, 2.24) is 0 Å². The molecular weight excluding hydrogens is 350 g/mol. The van der Waals surface area contributed by atoms with Gasteiger partial charge in [-0.1, -0.05) is 15.9 Å². The molecule has 0 unspecified atom stereocenters. The van der Waals surface area contributed by atoms with E-state index < -0.39 is 0 Å². The quantitative estimate of drug-likeness (QED) is 0.646. The Labute approximate surface area is 137 Å². The minimum Gasteiger partial charge on any atom is -0.486 e. The lowest BCUT2D eigenvalue weighted by Crippen LogP contribution is -2.15. The molecule has 1 heterocycles. The van der Waals surface area contributed by atoms with E-state index in [1.54, 1.807) is 11.8 Å². The molecule has 0 radical (unpaired) electrons. The van der Waals surface area contributed by atoms with Crippen LogP contribution in [-0.2, 0) is 5.75 Å². The number of halogens is 1. The molecule has 2 aromatic rings. The SMILES string of the molecule is Cc1cc(SCc2cc3c(cc2Br)OCCO3)ccc1N. The highest BCUT2D eigenvalue weighted by molar-refractivity contribution is 9.10. The zero-order valence-corrected chi connectivity index (χ0v) is 14.1. The van der Waals surface area contributed by atoms with Crippen molar-refractivity contribution in [2.45, 2.75) is 17.6 Å². The van der Waals surface area contributed by atoms with E-state index in [2.05, 4.69) is 34.1 Å². The minimum absolute atomic E-state index is 0.609. The fourth-order valence-electron chi connectivity index (χ4n) is 2.12. The first-order chi connectivity index (χ1) is 10.1. The molecule has 3 nitrogen and oxygen atoms in total. The summed E-state index contributed by atoms with van der Waals surface area (Å²) in [5, 5.41) is 0. The molecule has 21 heavy (non-hydrogen) atoms. The van der Waals surface area contributed by atoms with Gasteiger partial charge >= 0.3 is 0 Å². The molecule has 0 aliphatic carbocycles. The van der Waals surface area contributed by atoms with E-state index in [0.717, 1.165) is 33.0 Å². The van der Waals surface area contributed by atoms with Gasteiger partial charge in [-0.25, -0.2) is 0 Å². The Balaban J connectivity index is 1.77. The highest BCUT2D eigenvalue weighted by Crippen LogP contribution is 2.38. The van der Waals surface area contributed by atoms with Gasteiger partial charge in [0.25, 0.3) is 0 Å². The fraction of sp³-hybridized carbons (Fsp3) is 0.250. The van der Waals surface area contributed by atoms with Crippen LogP contribution in [-0.4, -0.2) is 13.2 Å². The molecule has 0 aromatic heterocycles. The molecule has 0 saturated carbocycles. The van der Waals surface area contributed by atoms with Crippen LogP contribution in [0.2, 0.25) is 0 Å². The van der Waals surface area contributed by atoms with Crippen LogP contribution < -0.4 is 15.2 Å². The number of aryl methyl sites for hydroxylation is 1. The van der Waals surface area contributed by atoms with E-state index in [4.69, 9.17) is 15.2 Å². The van der Waals surface area contributed by atoms with E-state index in [-0.39, 0.29) is 0 Å². The van der Waals surface area contributed by atoms with Crippen LogP contribution in [0.25, 0.3) is 0 Å². The first-order valence-electron chi connectivity index (χ1n) is 6.70. The Bertz CT molecular complexity index is 676. The lowest BCUT2D eigenvalue weighted by atomic mass is 10.2. The average molecular weight is 366 g/mol. The number of hydrogen-bond donors (Lipinski definition) is 1. The van der Waals surface area contributed by atoms with Crippen LogP contribution in [0.15, 0.2) is 39.7 Å². The molecule has 110 valence electrons. The van der Waals surface area contributed by atoms with Gasteiger partial charge in [-0.15, -0.1) is 11.8 Å². The highest BCUT2D eigenvalue weighted by Gasteiger charge is 2.15. The molecule has 0 spiro atoms. The van der Waals surface area contributed by atoms with Gasteiger partial charge < -0.3 is 15.2 Å². The summed E-state index contributed by atoms with van der Waals surface area (Å²) in [6.45, 7) is 3.25. The van der Waals surface area contributed by atoms with Crippen molar-refractivity contribution in [1.29, 1.82) is 0 Å². The summed E-state index contributed by atoms with van der Waals surface area (Å²) in [6, 6.07) is 10.2. The third-order valence-electron chi connectivity index (χ3n) is 3.35. The van der Waals surface area contributed by atoms with Crippen LogP contribution in [0.1, 0.15) is 11.1 Å². The Morgan fingerprint density at radius 1 is 1.14 bits per heavy atom. The molecule has 0 atom stereocenters. The summed E-state index contributed by atoms with van der Waals surface area (Å²) in [6.07, 6.45) is 0. The van der Waals surface area contributed by atoms with Crippen LogP contribution in [0.5, 0.6) is 11.5 Å². The minimum atomic E-state index is 0.609. The Hall–Kier alpha value is -1.33. The second kappa shape index (κ2) is 6.20. The maximum atomic E-state index is 5.85. The van der Waals surface area contributed by atoms with E-state index in [1.807, 2.05) is 19.1 Å². The molecule has 1 aliphatic heterocycles. The van der Waals surface area contributed by atoms with Gasteiger partial charge in [0.1, 0.15) is 13.2 Å². The molecule has 1 aliphatic rings. The predicted molar refractivity (Wildman–Crippen MR) is 90.3 cm³/mol. The van der Waals surface area contributed by atoms with E-state index >= 15 is 0 Å². The van der Waals surface area contributed by atoms with Gasteiger partial charge in [0.05, 0.1) is 0 Å². The highest BCUT2D eigenvalue weighted by atomic mass is 79.9. The number of nitrogens with two attached hydrogens (primary N) is 1. The summed E-state index contributed by atoms with van der Waals surface area (Å²) in [5.74, 6) is 2.50. The monoisotopic (exact) mass is 365 g/mol. The third-order valence-corrected chi connectivity index (χ3v) is 5.13. The number of hydrogen-bond acceptors (Lipinski definition) is 4. The van der Waals surface area contributed by atoms with Crippen molar-refractivity contribution in [2.75, 3.05) is 18.9 Å². The third kappa shape index (κ3) is 3.30. The molecule has 5 heteroatoms. The molecule has 0 amide bonds. The van der Waals surface area contributed by atoms with Gasteiger partial charge in [0, 0.05) is 20.8 Å². The summed E-state index contributed by atoms with van der Waals surface area (Å²) >= 11 is 5.39. The molecular formula is C16H16BrNO2S. The number of thioether (sulfide) groups is 1. The number of rotatable bonds is 3. The van der Waals surface area contributed by atoms with Crippen LogP contribution >= 0.6 is 27.7 Å². The molecule has 0 fully saturated rings. The largest absolute Gasteiger partial charge is 0.486 e. The van der Waals surface area contributed by atoms with Crippen LogP contribution in [0.3, 0.4) is 0 Å². The van der Waals surface area contributed by atoms with Crippen molar-refractivity contribution < 1.29 is 9.47 Å². The second-order valence-corrected chi connectivity index (χ2v) is 6.80. The van der Waals surface area contributed by atoms with Gasteiger partial charge in [-0.2, -0.15) is 0 Å². The fourth-order valence-corrected chi connectivity index (χ4v) is 3.75. The van der Waals surface area contributed by atoms with Crippen molar-refractivity contribution in [3.05, 3.63) is 45.9 Å². The number of ether oxygens (including phenoxy) is 2. The molecule has 2 N–H and O–H groups in total. The molecule has 0 bridgehead atoms. The van der Waals surface area contributed by atoms with Crippen molar-refractivity contribution in [2.24, 2.45) is 0 Å². The van der Waals surface area contributed by atoms with E-state index in [9.17, 15) is 0 Å². The predicted octanol–water partition coefficient (Wildman–Crippen LogP) is 4.40. The Kier molecular flexibility index (Phi) is 4.31. The number of fused-ring (bicyclic) bond motifs is 1. The first-order valence-corrected chi connectivity index (χ1v) is 8.48. The van der Waals surface area contributed by atoms with Crippen molar-refractivity contribution in [3.63, 3.8) is 0 Å². The van der Waals surface area contributed by atoms with Gasteiger partial charge in [-0.3, -0.25) is 0 Å². The van der Waals surface area contributed by atoms with E-state index in [0.29, 0.717) is 13.2 Å². The lowest BCUT2D eigenvalue weighted by molar-refractivity contribution is 0.171. The van der Waals surface area contributed by atoms with Crippen molar-refractivity contribution >= 4 is 33.4 Å². The number of anilines is 1. The topological polar surface area (TPSA) is 44.5 Å². The average Bonchev–Trinajstić information content (AvgIpc) is 2.48. The smallest absolute Gasteiger partial charge is 0.162 e. The van der Waals surface area contributed by atoms with E-state index in [1.165, 1.54) is 10.5 Å². The first kappa shape index (κ1) is 14.6. The van der Waals surface area contributed by atoms with Crippen LogP contribution in [0, 0.1) is 6.92 Å². The summed E-state index contributed by atoms with van der Waals surface area (Å²) in [4.78, 5) is 1.21. The maximum absolute atomic E-state index is 5.85. The second-order valence-electron chi connectivity index (χ2n) is 4.89. The van der Waals surface area contributed by atoms with Crippen molar-refractivity contribution in [3.8, 4) is 11.5 Å². The van der Waals surface area contributed by atoms with Gasteiger partial charge in [0.15, 0.2) is 11.5 Å². The number of nitrogen functional groups attached to an aromatic ring is 1. The maximum Gasteiger partial charge on any atom is 0.162 e. The zero-order valence-electron chi connectivity index (χ0n) is 11.7. The summed E-state index contributed by atoms with van der Waals surface area (Å²) in [7, 11) is 0. The summed E-state index contributed by atoms with van der Waals surface area (Å²) < 4.78 is 12.3. The molecule has 3 rings (SSSR count). The molecule has 2 aromatic carbocycles. The van der Waals surface area contributed by atoms with Gasteiger partial charge in [-0.05, 0) is 48.4 Å².